The van der Waals surface area contributed by atoms with Crippen LogP contribution in [-0.2, 0) is 32.7 Å². The van der Waals surface area contributed by atoms with E-state index in [1.54, 1.807) is 43.9 Å². The van der Waals surface area contributed by atoms with Crippen molar-refractivity contribution in [2.75, 3.05) is 65.4 Å². The molecule has 20 rings (SSSR count). The number of amides is 5. The number of carbonyl (C=O) groups is 5. The average molecular weight is 1730 g/mol. The Labute approximate surface area is 724 Å². The Morgan fingerprint density at radius 3 is 0.683 bits per heavy atom. The number of hydrogen-bond donors (Lipinski definition) is 0. The molecule has 10 aliphatic rings. The maximum absolute atomic E-state index is 13.1. The number of hydrogen-bond acceptors (Lipinski definition) is 25. The van der Waals surface area contributed by atoms with Gasteiger partial charge in [-0.15, -0.1) is 51.0 Å². The van der Waals surface area contributed by atoms with Crippen LogP contribution >= 0.6 is 11.6 Å². The molecule has 10 aliphatic heterocycles. The molecule has 10 aromatic rings. The molecule has 15 heterocycles. The van der Waals surface area contributed by atoms with E-state index in [0.29, 0.717) is 131 Å². The predicted molar refractivity (Wildman–Crippen MR) is 462 cm³/mol. The van der Waals surface area contributed by atoms with Gasteiger partial charge in [0.15, 0.2) is 58.2 Å². The monoisotopic (exact) mass is 1730 g/mol. The first-order valence-electron chi connectivity index (χ1n) is 41.2. The van der Waals surface area contributed by atoms with Crippen molar-refractivity contribution in [2.24, 2.45) is 49.9 Å². The summed E-state index contributed by atoms with van der Waals surface area (Å²) < 4.78 is 62.4. The fourth-order valence-electron chi connectivity index (χ4n) is 16.2. The highest BCUT2D eigenvalue weighted by Gasteiger charge is 2.40. The lowest BCUT2D eigenvalue weighted by Gasteiger charge is -2.33. The molecule has 40 heteroatoms. The second kappa shape index (κ2) is 36.3. The van der Waals surface area contributed by atoms with E-state index in [9.17, 15) is 41.5 Å². The van der Waals surface area contributed by atoms with Gasteiger partial charge < -0.3 is 47.3 Å². The third-order valence-corrected chi connectivity index (χ3v) is 23.2. The topological polar surface area (TPSA) is 379 Å². The zero-order chi connectivity index (χ0) is 88.5. The fraction of sp³-hybridized carbons (Fsp3) is 0.360. The van der Waals surface area contributed by atoms with E-state index < -0.39 is 0 Å². The fourth-order valence-corrected chi connectivity index (χ4v) is 16.3. The lowest BCUT2D eigenvalue weighted by Crippen LogP contribution is -2.41. The first-order valence-corrected chi connectivity index (χ1v) is 41.6. The normalized spacial score (nSPS) is 19.4. The van der Waals surface area contributed by atoms with E-state index in [-0.39, 0.29) is 83.0 Å². The minimum absolute atomic E-state index is 0.0302. The number of amidine groups is 5. The summed E-state index contributed by atoms with van der Waals surface area (Å²) in [6, 6.07) is 28.3. The van der Waals surface area contributed by atoms with Crippen LogP contribution in [0.4, 0.5) is 17.6 Å². The van der Waals surface area contributed by atoms with Crippen LogP contribution in [0.15, 0.2) is 171 Å². The smallest absolute Gasteiger partial charge is 0.254 e. The number of carbonyl (C=O) groups excluding carboxylic acids is 5. The summed E-state index contributed by atoms with van der Waals surface area (Å²) >= 11 is 5.91. The molecular formula is C86H87ClF4N30O5. The highest BCUT2D eigenvalue weighted by molar-refractivity contribution is 6.30. The van der Waals surface area contributed by atoms with Gasteiger partial charge in [0, 0.05) is 105 Å². The third-order valence-electron chi connectivity index (χ3n) is 23.0. The Morgan fingerprint density at radius 2 is 0.492 bits per heavy atom. The molecule has 5 aromatic carbocycles. The van der Waals surface area contributed by atoms with E-state index in [2.05, 4.69) is 101 Å². The number of aromatic nitrogens is 15. The predicted octanol–water partition coefficient (Wildman–Crippen LogP) is 10.2. The van der Waals surface area contributed by atoms with Gasteiger partial charge in [-0.05, 0) is 184 Å². The summed E-state index contributed by atoms with van der Waals surface area (Å²) in [7, 11) is 0. The van der Waals surface area contributed by atoms with Crippen LogP contribution in [0.5, 0.6) is 0 Å². The van der Waals surface area contributed by atoms with Gasteiger partial charge in [-0.2, -0.15) is 0 Å². The number of aliphatic imine (C=N–C) groups is 10. The molecule has 0 spiro atoms. The first kappa shape index (κ1) is 85.4. The van der Waals surface area contributed by atoms with E-state index >= 15 is 0 Å². The lowest BCUT2D eigenvalue weighted by molar-refractivity contribution is 0.0630. The molecule has 126 heavy (non-hydrogen) atoms. The summed E-state index contributed by atoms with van der Waals surface area (Å²) in [5, 5.41) is 43.4. The van der Waals surface area contributed by atoms with Crippen molar-refractivity contribution in [2.45, 2.75) is 139 Å². The van der Waals surface area contributed by atoms with Crippen LogP contribution in [-0.4, -0.2) is 251 Å². The molecule has 0 bridgehead atoms. The minimum Gasteiger partial charge on any atom is -0.327 e. The molecule has 0 radical (unpaired) electrons. The quantitative estimate of drug-likeness (QED) is 0.109. The van der Waals surface area contributed by atoms with E-state index in [4.69, 9.17) is 11.6 Å². The molecule has 35 nitrogen and oxygen atoms in total. The van der Waals surface area contributed by atoms with Crippen molar-refractivity contribution in [1.82, 2.24) is 98.3 Å². The first-order chi connectivity index (χ1) is 60.7. The Hall–Kier alpha value is -14.1. The second-order valence-corrected chi connectivity index (χ2v) is 31.3. The average Bonchev–Trinajstić information content (AvgIpc) is 1.57. The van der Waals surface area contributed by atoms with Crippen molar-refractivity contribution in [1.29, 1.82) is 0 Å². The van der Waals surface area contributed by atoms with Gasteiger partial charge in [0.2, 0.25) is 0 Å². The van der Waals surface area contributed by atoms with Crippen LogP contribution in [0.3, 0.4) is 0 Å². The molecule has 0 saturated carbocycles. The summed E-state index contributed by atoms with van der Waals surface area (Å²) in [4.78, 5) is 116. The second-order valence-electron chi connectivity index (χ2n) is 30.9. The van der Waals surface area contributed by atoms with E-state index in [1.165, 1.54) is 97.1 Å². The third kappa shape index (κ3) is 17.5. The molecule has 0 N–H and O–H groups in total. The number of benzene rings is 5. The largest absolute Gasteiger partial charge is 0.327 e. The molecule has 0 saturated heterocycles. The van der Waals surface area contributed by atoms with Gasteiger partial charge in [0.1, 0.15) is 81.0 Å². The van der Waals surface area contributed by atoms with Crippen molar-refractivity contribution < 1.29 is 41.5 Å². The zero-order valence-corrected chi connectivity index (χ0v) is 71.4. The van der Waals surface area contributed by atoms with Gasteiger partial charge in [-0.25, -0.2) is 42.5 Å². The van der Waals surface area contributed by atoms with Crippen LogP contribution in [0.1, 0.15) is 216 Å². The van der Waals surface area contributed by atoms with Crippen LogP contribution in [0.2, 0.25) is 5.02 Å². The minimum atomic E-state index is -0.359. The number of halogens is 5. The van der Waals surface area contributed by atoms with Gasteiger partial charge >= 0.3 is 0 Å². The van der Waals surface area contributed by atoms with Crippen molar-refractivity contribution in [3.63, 3.8) is 0 Å². The summed E-state index contributed by atoms with van der Waals surface area (Å²) in [6.45, 7) is 27.4. The van der Waals surface area contributed by atoms with Crippen molar-refractivity contribution in [3.8, 4) is 0 Å². The Balaban J connectivity index is 0.000000116. The Morgan fingerprint density at radius 1 is 0.294 bits per heavy atom. The number of nitrogens with zero attached hydrogens (tertiary/aromatic N) is 30. The molecule has 0 fully saturated rings. The van der Waals surface area contributed by atoms with Gasteiger partial charge in [0.25, 0.3) is 29.5 Å². The Kier molecular flexibility index (Phi) is 24.6. The molecule has 0 aliphatic carbocycles. The molecular weight excluding hydrogens is 1640 g/mol. The Bertz CT molecular complexity index is 5660. The van der Waals surface area contributed by atoms with Crippen LogP contribution in [0.25, 0.3) is 0 Å². The maximum atomic E-state index is 13.1. The molecule has 5 atom stereocenters. The van der Waals surface area contributed by atoms with Crippen molar-refractivity contribution >= 4 is 98.9 Å². The lowest BCUT2D eigenvalue weighted by atomic mass is 10.1. The highest BCUT2D eigenvalue weighted by atomic mass is 35.5. The van der Waals surface area contributed by atoms with Gasteiger partial charge in [-0.1, -0.05) is 18.5 Å². The van der Waals surface area contributed by atoms with Crippen LogP contribution < -0.4 is 0 Å². The standard InChI is InChI=1S/C18H19FN6O.C17H17ClN6O.3C17H17FN6O/c1-3-15-20-10-14(21-15)17-23-22-16-11(2)24(8-9-25(16)17)18(26)12-4-6-13(19)7-5-12;4*1-10-15-21-22-16(14-9-19-11(2)20-14)24(15)8-7-23(10)17(25)12-3-5-13(18)6-4-12/h4-7,11H,3,8-10H2,1-2H3;4*3-6,10H,7-9H2,1-2H3/t11-;3*10-;/m1111./s1. The van der Waals surface area contributed by atoms with Gasteiger partial charge in [-0.3, -0.25) is 48.9 Å². The van der Waals surface area contributed by atoms with E-state index in [0.717, 1.165) is 122 Å². The summed E-state index contributed by atoms with van der Waals surface area (Å²) in [5.41, 5.74) is 6.56. The molecule has 1 unspecified atom stereocenters. The molecule has 5 amide bonds. The SMILES string of the molecule is CC1=NCC(c2nnc3n2CCN(C(=O)c2ccc(Cl)cc2)[C@@H]3C)=N1.CC1=NCC(c2nnc3n2CCN(C(=O)c2ccc(F)cc2)C3C)=N1.CC1=NCC(c2nnc3n2CCN(C(=O)c2ccc(F)cc2)[C@@H]3C)=N1.CC1=NCC(c2nnc3n2CCN(C(=O)c2ccc(F)cc2)[C@@H]3C)=N1.CCC1=NCC(c2nnc3n2CCN(C(=O)c2ccc(F)cc2)[C@@H]3C)=N1. The number of fused-ring (bicyclic) bond motifs is 5. The summed E-state index contributed by atoms with van der Waals surface area (Å²) in [5.74, 6) is 9.11. The highest BCUT2D eigenvalue weighted by Crippen LogP contribution is 2.34. The molecule has 646 valence electrons. The van der Waals surface area contributed by atoms with Crippen LogP contribution in [0, 0.1) is 23.3 Å². The zero-order valence-electron chi connectivity index (χ0n) is 70.6. The number of rotatable bonds is 11. The molecule has 5 aromatic heterocycles. The van der Waals surface area contributed by atoms with Crippen molar-refractivity contribution in [3.05, 3.63) is 236 Å². The maximum Gasteiger partial charge on any atom is 0.254 e. The summed E-state index contributed by atoms with van der Waals surface area (Å²) in [6.07, 6.45) is 0.793. The van der Waals surface area contributed by atoms with E-state index in [1.807, 2.05) is 97.0 Å². The van der Waals surface area contributed by atoms with Gasteiger partial charge in [0.05, 0.1) is 62.9 Å².